The predicted molar refractivity (Wildman–Crippen MR) is 87.6 cm³/mol. The first-order valence-corrected chi connectivity index (χ1v) is 7.30. The fourth-order valence-corrected chi connectivity index (χ4v) is 3.09. The Balaban J connectivity index is 0.00000220. The van der Waals surface area contributed by atoms with Crippen LogP contribution in [-0.2, 0) is 4.74 Å². The summed E-state index contributed by atoms with van der Waals surface area (Å²) in [5, 5.41) is 0.911. The van der Waals surface area contributed by atoms with E-state index < -0.39 is 0 Å². The van der Waals surface area contributed by atoms with E-state index in [9.17, 15) is 4.79 Å². The molecule has 0 radical (unpaired) electrons. The summed E-state index contributed by atoms with van der Waals surface area (Å²) >= 11 is 11.9. The molecule has 1 aromatic carbocycles. The quantitative estimate of drug-likeness (QED) is 0.909. The molecule has 1 aliphatic heterocycles. The molecule has 2 unspecified atom stereocenters. The summed E-state index contributed by atoms with van der Waals surface area (Å²) in [6, 6.07) is 4.86. The molecule has 1 aliphatic rings. The molecule has 4 nitrogen and oxygen atoms in total. The van der Waals surface area contributed by atoms with Crippen LogP contribution in [0.2, 0.25) is 10.0 Å². The largest absolute Gasteiger partial charge is 0.381 e. The summed E-state index contributed by atoms with van der Waals surface area (Å²) in [5.74, 6) is -0.0839. The molecule has 21 heavy (non-hydrogen) atoms. The number of halogens is 3. The van der Waals surface area contributed by atoms with Crippen LogP contribution < -0.4 is 5.73 Å². The fourth-order valence-electron chi connectivity index (χ4n) is 2.56. The van der Waals surface area contributed by atoms with Crippen LogP contribution in [0.25, 0.3) is 0 Å². The van der Waals surface area contributed by atoms with Crippen molar-refractivity contribution in [2.75, 3.05) is 20.2 Å². The zero-order chi connectivity index (χ0) is 14.7. The van der Waals surface area contributed by atoms with Crippen LogP contribution in [0.5, 0.6) is 0 Å². The van der Waals surface area contributed by atoms with E-state index in [4.69, 9.17) is 33.7 Å². The number of nitrogens with two attached hydrogens (primary N) is 1. The Bertz CT molecular complexity index is 479. The molecular weight excluding hydrogens is 335 g/mol. The average Bonchev–Trinajstić information content (AvgIpc) is 2.44. The Hall–Kier alpha value is -0.520. The monoisotopic (exact) mass is 352 g/mol. The third-order valence-corrected chi connectivity index (χ3v) is 4.08. The molecule has 0 spiro atoms. The summed E-state index contributed by atoms with van der Waals surface area (Å²) in [6.07, 6.45) is 1.73. The third kappa shape index (κ3) is 4.47. The first-order chi connectivity index (χ1) is 9.55. The van der Waals surface area contributed by atoms with E-state index in [-0.39, 0.29) is 30.5 Å². The van der Waals surface area contributed by atoms with Gasteiger partial charge in [-0.25, -0.2) is 0 Å². The minimum atomic E-state index is -0.0839. The van der Waals surface area contributed by atoms with Gasteiger partial charge in [-0.1, -0.05) is 23.2 Å². The zero-order valence-electron chi connectivity index (χ0n) is 11.7. The van der Waals surface area contributed by atoms with Crippen molar-refractivity contribution in [3.63, 3.8) is 0 Å². The van der Waals surface area contributed by atoms with Crippen molar-refractivity contribution in [2.24, 2.45) is 5.73 Å². The van der Waals surface area contributed by atoms with E-state index in [1.54, 1.807) is 30.2 Å². The van der Waals surface area contributed by atoms with Gasteiger partial charge in [0.25, 0.3) is 5.91 Å². The van der Waals surface area contributed by atoms with Crippen molar-refractivity contribution in [3.8, 4) is 0 Å². The molecule has 1 amide bonds. The highest BCUT2D eigenvalue weighted by molar-refractivity contribution is 6.35. The Morgan fingerprint density at radius 2 is 2.00 bits per heavy atom. The van der Waals surface area contributed by atoms with Gasteiger partial charge in [0.1, 0.15) is 0 Å². The lowest BCUT2D eigenvalue weighted by Gasteiger charge is -2.38. The molecule has 0 saturated carbocycles. The number of benzene rings is 1. The molecule has 2 rings (SSSR count). The molecule has 1 heterocycles. The number of rotatable bonds is 3. The van der Waals surface area contributed by atoms with Crippen LogP contribution in [-0.4, -0.2) is 43.2 Å². The second kappa shape index (κ2) is 8.20. The van der Waals surface area contributed by atoms with Gasteiger partial charge in [0.05, 0.1) is 6.10 Å². The van der Waals surface area contributed by atoms with Crippen LogP contribution >= 0.6 is 35.6 Å². The smallest absolute Gasteiger partial charge is 0.254 e. The Kier molecular flexibility index (Phi) is 7.24. The highest BCUT2D eigenvalue weighted by Crippen LogP contribution is 2.24. The Morgan fingerprint density at radius 1 is 1.38 bits per heavy atom. The van der Waals surface area contributed by atoms with Gasteiger partial charge in [0.15, 0.2) is 0 Å². The molecule has 0 bridgehead atoms. The minimum Gasteiger partial charge on any atom is -0.381 e. The van der Waals surface area contributed by atoms with Crippen molar-refractivity contribution in [3.05, 3.63) is 33.8 Å². The molecule has 118 valence electrons. The van der Waals surface area contributed by atoms with Crippen molar-refractivity contribution in [1.82, 2.24) is 4.90 Å². The molecular formula is C14H19Cl3N2O2. The van der Waals surface area contributed by atoms with E-state index in [1.165, 1.54) is 0 Å². The van der Waals surface area contributed by atoms with Crippen LogP contribution in [0.3, 0.4) is 0 Å². The van der Waals surface area contributed by atoms with Crippen LogP contribution in [0.15, 0.2) is 18.2 Å². The van der Waals surface area contributed by atoms with Gasteiger partial charge < -0.3 is 15.4 Å². The highest BCUT2D eigenvalue weighted by atomic mass is 35.5. The third-order valence-electron chi connectivity index (χ3n) is 3.64. The van der Waals surface area contributed by atoms with Gasteiger partial charge in [0, 0.05) is 41.8 Å². The maximum absolute atomic E-state index is 12.6. The van der Waals surface area contributed by atoms with Crippen LogP contribution in [0.4, 0.5) is 0 Å². The standard InChI is InChI=1S/C14H18Cl2N2O2.ClH/c1-20-13-2-3-18(12(7-13)8-17)14(19)9-4-10(15)6-11(16)5-9;/h4-6,12-13H,2-3,7-8,17H2,1H3;1H. The first kappa shape index (κ1) is 18.5. The van der Waals surface area contributed by atoms with Crippen molar-refractivity contribution >= 4 is 41.5 Å². The second-order valence-electron chi connectivity index (χ2n) is 4.93. The summed E-state index contributed by atoms with van der Waals surface area (Å²) in [6.45, 7) is 1.04. The minimum absolute atomic E-state index is 0. The van der Waals surface area contributed by atoms with Gasteiger partial charge in [-0.05, 0) is 31.0 Å². The molecule has 2 N–H and O–H groups in total. The SMILES string of the molecule is COC1CCN(C(=O)c2cc(Cl)cc(Cl)c2)C(CN)C1.Cl. The number of hydrogen-bond donors (Lipinski definition) is 1. The van der Waals surface area contributed by atoms with Gasteiger partial charge in [-0.2, -0.15) is 0 Å². The topological polar surface area (TPSA) is 55.6 Å². The van der Waals surface area contributed by atoms with Crippen molar-refractivity contribution in [1.29, 1.82) is 0 Å². The molecule has 0 aromatic heterocycles. The van der Waals surface area contributed by atoms with Gasteiger partial charge in [0.2, 0.25) is 0 Å². The normalized spacial score (nSPS) is 21.8. The van der Waals surface area contributed by atoms with Crippen LogP contribution in [0, 0.1) is 0 Å². The van der Waals surface area contributed by atoms with Crippen molar-refractivity contribution in [2.45, 2.75) is 25.0 Å². The highest BCUT2D eigenvalue weighted by Gasteiger charge is 2.31. The molecule has 1 aromatic rings. The number of hydrogen-bond acceptors (Lipinski definition) is 3. The van der Waals surface area contributed by atoms with E-state index in [0.29, 0.717) is 28.7 Å². The summed E-state index contributed by atoms with van der Waals surface area (Å²) in [7, 11) is 1.69. The van der Waals surface area contributed by atoms with E-state index in [0.717, 1.165) is 12.8 Å². The average molecular weight is 354 g/mol. The Labute approximate surface area is 140 Å². The summed E-state index contributed by atoms with van der Waals surface area (Å²) in [4.78, 5) is 14.4. The lowest BCUT2D eigenvalue weighted by Crippen LogP contribution is -2.51. The van der Waals surface area contributed by atoms with E-state index in [2.05, 4.69) is 0 Å². The number of piperidine rings is 1. The molecule has 2 atom stereocenters. The van der Waals surface area contributed by atoms with Crippen LogP contribution in [0.1, 0.15) is 23.2 Å². The lowest BCUT2D eigenvalue weighted by molar-refractivity contribution is 0.0139. The molecule has 1 fully saturated rings. The summed E-state index contributed by atoms with van der Waals surface area (Å²) in [5.41, 5.74) is 6.28. The molecule has 0 aliphatic carbocycles. The number of amides is 1. The Morgan fingerprint density at radius 3 is 2.52 bits per heavy atom. The maximum atomic E-state index is 12.6. The number of nitrogens with zero attached hydrogens (tertiary/aromatic N) is 1. The number of carbonyl (C=O) groups is 1. The fraction of sp³-hybridized carbons (Fsp3) is 0.500. The number of carbonyl (C=O) groups excluding carboxylic acids is 1. The first-order valence-electron chi connectivity index (χ1n) is 6.55. The number of ether oxygens (including phenoxy) is 1. The predicted octanol–water partition coefficient (Wildman–Crippen LogP) is 2.99. The zero-order valence-corrected chi connectivity index (χ0v) is 14.0. The van der Waals surface area contributed by atoms with Gasteiger partial charge >= 0.3 is 0 Å². The van der Waals surface area contributed by atoms with Gasteiger partial charge in [-0.3, -0.25) is 4.79 Å². The van der Waals surface area contributed by atoms with Gasteiger partial charge in [-0.15, -0.1) is 12.4 Å². The van der Waals surface area contributed by atoms with Crippen molar-refractivity contribution < 1.29 is 9.53 Å². The lowest BCUT2D eigenvalue weighted by atomic mass is 9.98. The van der Waals surface area contributed by atoms with E-state index >= 15 is 0 Å². The number of likely N-dealkylation sites (tertiary alicyclic amines) is 1. The molecule has 1 saturated heterocycles. The molecule has 7 heteroatoms. The van der Waals surface area contributed by atoms with E-state index in [1.807, 2.05) is 0 Å². The summed E-state index contributed by atoms with van der Waals surface area (Å²) < 4.78 is 5.36. The maximum Gasteiger partial charge on any atom is 0.254 e. The second-order valence-corrected chi connectivity index (χ2v) is 5.80. The number of methoxy groups -OCH3 is 1.